The van der Waals surface area contributed by atoms with Gasteiger partial charge in [0.05, 0.1) is 13.7 Å². The van der Waals surface area contributed by atoms with E-state index in [1.165, 1.54) is 26.4 Å². The molecular weight excluding hydrogens is 242 g/mol. The zero-order valence-electron chi connectivity index (χ0n) is 12.4. The van der Waals surface area contributed by atoms with Gasteiger partial charge in [-0.25, -0.2) is 4.79 Å². The molecule has 19 heavy (non-hydrogen) atoms. The maximum Gasteiger partial charge on any atom is 0.341 e. The lowest BCUT2D eigenvalue weighted by Crippen LogP contribution is -2.14. The summed E-state index contributed by atoms with van der Waals surface area (Å²) < 4.78 is 10.2. The highest BCUT2D eigenvalue weighted by Crippen LogP contribution is 2.15. The van der Waals surface area contributed by atoms with Gasteiger partial charge in [0.2, 0.25) is 0 Å². The van der Waals surface area contributed by atoms with Crippen LogP contribution in [0.2, 0.25) is 0 Å². The lowest BCUT2D eigenvalue weighted by Gasteiger charge is -2.05. The first-order valence-corrected chi connectivity index (χ1v) is 6.93. The zero-order valence-corrected chi connectivity index (χ0v) is 12.4. The van der Waals surface area contributed by atoms with E-state index in [1.807, 2.05) is 0 Å². The van der Waals surface area contributed by atoms with Gasteiger partial charge in [0.1, 0.15) is 17.1 Å². The molecule has 0 aliphatic heterocycles. The number of rotatable bonds is 8. The van der Waals surface area contributed by atoms with Crippen molar-refractivity contribution in [1.82, 2.24) is 5.32 Å². The van der Waals surface area contributed by atoms with E-state index in [9.17, 15) is 4.79 Å². The summed E-state index contributed by atoms with van der Waals surface area (Å²) >= 11 is 0. The summed E-state index contributed by atoms with van der Waals surface area (Å²) in [5.74, 6) is 1.82. The number of esters is 1. The number of carbonyl (C=O) groups is 1. The molecule has 4 nitrogen and oxygen atoms in total. The second-order valence-corrected chi connectivity index (χ2v) is 5.24. The quantitative estimate of drug-likeness (QED) is 0.580. The number of methoxy groups -OCH3 is 1. The Labute approximate surface area is 115 Å². The Kier molecular flexibility index (Phi) is 6.64. The second-order valence-electron chi connectivity index (χ2n) is 5.24. The van der Waals surface area contributed by atoms with Gasteiger partial charge in [0.15, 0.2) is 0 Å². The van der Waals surface area contributed by atoms with Crippen molar-refractivity contribution in [3.8, 4) is 0 Å². The smallest absolute Gasteiger partial charge is 0.341 e. The van der Waals surface area contributed by atoms with Gasteiger partial charge in [-0.15, -0.1) is 0 Å². The molecule has 0 spiro atoms. The molecule has 1 rings (SSSR count). The fraction of sp³-hybridized carbons (Fsp3) is 0.667. The SMILES string of the molecule is COC(=O)c1cc(CNCCCCC(C)C)oc1C. The van der Waals surface area contributed by atoms with Crippen LogP contribution in [0.1, 0.15) is 55.0 Å². The Hall–Kier alpha value is -1.29. The van der Waals surface area contributed by atoms with Crippen molar-refractivity contribution in [1.29, 1.82) is 0 Å². The van der Waals surface area contributed by atoms with E-state index in [2.05, 4.69) is 19.2 Å². The molecule has 0 unspecified atom stereocenters. The van der Waals surface area contributed by atoms with E-state index in [4.69, 9.17) is 9.15 Å². The van der Waals surface area contributed by atoms with E-state index in [1.54, 1.807) is 13.0 Å². The summed E-state index contributed by atoms with van der Waals surface area (Å²) in [5.41, 5.74) is 0.513. The minimum absolute atomic E-state index is 0.343. The molecule has 4 heteroatoms. The Bertz CT molecular complexity index is 396. The van der Waals surface area contributed by atoms with Gasteiger partial charge >= 0.3 is 5.97 Å². The highest BCUT2D eigenvalue weighted by atomic mass is 16.5. The van der Waals surface area contributed by atoms with Crippen molar-refractivity contribution in [3.05, 3.63) is 23.2 Å². The molecule has 1 N–H and O–H groups in total. The fourth-order valence-electron chi connectivity index (χ4n) is 1.96. The molecule has 0 amide bonds. The molecule has 0 saturated carbocycles. The van der Waals surface area contributed by atoms with E-state index in [0.29, 0.717) is 17.9 Å². The average Bonchev–Trinajstić information content (AvgIpc) is 2.73. The molecule has 0 fully saturated rings. The molecule has 1 aromatic rings. The average molecular weight is 267 g/mol. The maximum absolute atomic E-state index is 11.4. The first-order chi connectivity index (χ1) is 9.04. The summed E-state index contributed by atoms with van der Waals surface area (Å²) in [7, 11) is 1.38. The Morgan fingerprint density at radius 1 is 1.42 bits per heavy atom. The molecule has 0 radical (unpaired) electrons. The van der Waals surface area contributed by atoms with Crippen molar-refractivity contribution in [3.63, 3.8) is 0 Å². The van der Waals surface area contributed by atoms with Gasteiger partial charge in [-0.2, -0.15) is 0 Å². The van der Waals surface area contributed by atoms with Crippen molar-refractivity contribution < 1.29 is 13.9 Å². The summed E-state index contributed by atoms with van der Waals surface area (Å²) in [6.45, 7) is 7.89. The molecule has 1 heterocycles. The van der Waals surface area contributed by atoms with Gasteiger partial charge in [-0.1, -0.05) is 26.7 Å². The number of aryl methyl sites for hydroxylation is 1. The first-order valence-electron chi connectivity index (χ1n) is 6.93. The highest BCUT2D eigenvalue weighted by molar-refractivity contribution is 5.90. The monoisotopic (exact) mass is 267 g/mol. The molecule has 0 aliphatic carbocycles. The zero-order chi connectivity index (χ0) is 14.3. The van der Waals surface area contributed by atoms with Crippen LogP contribution in [-0.2, 0) is 11.3 Å². The van der Waals surface area contributed by atoms with Gasteiger partial charge in [0.25, 0.3) is 0 Å². The standard InChI is InChI=1S/C15H25NO3/c1-11(2)7-5-6-8-16-10-13-9-14(12(3)19-13)15(17)18-4/h9,11,16H,5-8,10H2,1-4H3. The number of nitrogens with one attached hydrogen (secondary N) is 1. The van der Waals surface area contributed by atoms with E-state index in [0.717, 1.165) is 18.2 Å². The number of carbonyl (C=O) groups excluding carboxylic acids is 1. The number of ether oxygens (including phenoxy) is 1. The van der Waals surface area contributed by atoms with Crippen LogP contribution in [0.4, 0.5) is 0 Å². The van der Waals surface area contributed by atoms with Crippen LogP contribution in [0, 0.1) is 12.8 Å². The Balaban J connectivity index is 2.28. The molecule has 0 aromatic carbocycles. The number of furan rings is 1. The second kappa shape index (κ2) is 8.00. The van der Waals surface area contributed by atoms with Crippen molar-refractivity contribution in [2.75, 3.05) is 13.7 Å². The third-order valence-electron chi connectivity index (χ3n) is 3.06. The van der Waals surface area contributed by atoms with Crippen LogP contribution in [0.25, 0.3) is 0 Å². The number of hydrogen-bond acceptors (Lipinski definition) is 4. The van der Waals surface area contributed by atoms with Crippen molar-refractivity contribution >= 4 is 5.97 Å². The third kappa shape index (κ3) is 5.47. The summed E-state index contributed by atoms with van der Waals surface area (Å²) in [5, 5.41) is 3.33. The lowest BCUT2D eigenvalue weighted by atomic mass is 10.1. The van der Waals surface area contributed by atoms with Crippen LogP contribution in [0.3, 0.4) is 0 Å². The third-order valence-corrected chi connectivity index (χ3v) is 3.06. The molecule has 1 aromatic heterocycles. The number of unbranched alkanes of at least 4 members (excludes halogenated alkanes) is 1. The topological polar surface area (TPSA) is 51.5 Å². The summed E-state index contributed by atoms with van der Waals surface area (Å²) in [6.07, 6.45) is 3.69. The van der Waals surface area contributed by atoms with Gasteiger partial charge in [0, 0.05) is 0 Å². The predicted octanol–water partition coefficient (Wildman–Crippen LogP) is 3.29. The lowest BCUT2D eigenvalue weighted by molar-refractivity contribution is 0.0599. The minimum Gasteiger partial charge on any atom is -0.465 e. The summed E-state index contributed by atoms with van der Waals surface area (Å²) in [6, 6.07) is 1.75. The van der Waals surface area contributed by atoms with Crippen LogP contribution < -0.4 is 5.32 Å². The van der Waals surface area contributed by atoms with Crippen LogP contribution in [0.5, 0.6) is 0 Å². The summed E-state index contributed by atoms with van der Waals surface area (Å²) in [4.78, 5) is 11.4. The first kappa shape index (κ1) is 15.8. The van der Waals surface area contributed by atoms with Crippen LogP contribution in [-0.4, -0.2) is 19.6 Å². The van der Waals surface area contributed by atoms with E-state index < -0.39 is 0 Å². The van der Waals surface area contributed by atoms with E-state index in [-0.39, 0.29) is 5.97 Å². The van der Waals surface area contributed by atoms with Gasteiger partial charge in [-0.05, 0) is 31.9 Å². The molecule has 0 aliphatic rings. The Morgan fingerprint density at radius 3 is 2.79 bits per heavy atom. The molecule has 0 saturated heterocycles. The highest BCUT2D eigenvalue weighted by Gasteiger charge is 2.14. The molecule has 0 bridgehead atoms. The molecule has 0 atom stereocenters. The fourth-order valence-corrected chi connectivity index (χ4v) is 1.96. The molecule has 108 valence electrons. The maximum atomic E-state index is 11.4. The van der Waals surface area contributed by atoms with Crippen molar-refractivity contribution in [2.45, 2.75) is 46.6 Å². The van der Waals surface area contributed by atoms with Crippen molar-refractivity contribution in [2.24, 2.45) is 5.92 Å². The Morgan fingerprint density at radius 2 is 2.16 bits per heavy atom. The van der Waals surface area contributed by atoms with Gasteiger partial charge in [-0.3, -0.25) is 0 Å². The molecular formula is C15H25NO3. The normalized spacial score (nSPS) is 11.0. The minimum atomic E-state index is -0.343. The number of hydrogen-bond donors (Lipinski definition) is 1. The van der Waals surface area contributed by atoms with Gasteiger partial charge < -0.3 is 14.5 Å². The predicted molar refractivity (Wildman–Crippen MR) is 75.2 cm³/mol. The van der Waals surface area contributed by atoms with Crippen LogP contribution in [0.15, 0.2) is 10.5 Å². The largest absolute Gasteiger partial charge is 0.465 e. The van der Waals surface area contributed by atoms with E-state index >= 15 is 0 Å². The van der Waals surface area contributed by atoms with Crippen LogP contribution >= 0.6 is 0 Å².